The predicted octanol–water partition coefficient (Wildman–Crippen LogP) is 1.32. The van der Waals surface area contributed by atoms with Gasteiger partial charge in [-0.15, -0.1) is 0 Å². The molecule has 0 bridgehead atoms. The molecule has 0 fully saturated rings. The minimum Gasteiger partial charge on any atom is -0.467 e. The number of rotatable bonds is 4. The molecule has 0 aliphatic heterocycles. The molecule has 0 atom stereocenters. The molecule has 11 heavy (non-hydrogen) atoms. The fourth-order valence-corrected chi connectivity index (χ4v) is 0.724. The van der Waals surface area contributed by atoms with Crippen molar-refractivity contribution in [2.75, 3.05) is 20.8 Å². The van der Waals surface area contributed by atoms with Gasteiger partial charge in [0.05, 0.1) is 13.0 Å². The highest BCUT2D eigenvalue weighted by Crippen LogP contribution is 2.01. The summed E-state index contributed by atoms with van der Waals surface area (Å²) in [6.45, 7) is 1.17. The maximum absolute atomic E-state index is 5.27. The Morgan fingerprint density at radius 2 is 2.36 bits per heavy atom. The fourth-order valence-electron chi connectivity index (χ4n) is 0.724. The summed E-state index contributed by atoms with van der Waals surface area (Å²) in [5.74, 6) is 0.867. The molecule has 0 amide bonds. The van der Waals surface area contributed by atoms with Crippen molar-refractivity contribution in [1.29, 1.82) is 0 Å². The molecule has 0 saturated heterocycles. The van der Waals surface area contributed by atoms with E-state index in [2.05, 4.69) is 0 Å². The Morgan fingerprint density at radius 1 is 1.55 bits per heavy atom. The van der Waals surface area contributed by atoms with Gasteiger partial charge in [-0.05, 0) is 26.2 Å². The Kier molecular flexibility index (Phi) is 3.14. The largest absolute Gasteiger partial charge is 0.467 e. The van der Waals surface area contributed by atoms with Crippen LogP contribution in [0.2, 0.25) is 0 Å². The summed E-state index contributed by atoms with van der Waals surface area (Å²) in [5, 5.41) is 0. The van der Waals surface area contributed by atoms with Crippen LogP contribution in [0.1, 0.15) is 5.76 Å². The third kappa shape index (κ3) is 3.20. The lowest BCUT2D eigenvalue weighted by atomic mass is 10.5. The van der Waals surface area contributed by atoms with E-state index >= 15 is 0 Å². The van der Waals surface area contributed by atoms with E-state index in [1.807, 2.05) is 31.1 Å². The summed E-state index contributed by atoms with van der Waals surface area (Å²) in [6, 6.07) is 3.75. The summed E-state index contributed by atoms with van der Waals surface area (Å²) >= 11 is 0. The number of furan rings is 1. The molecule has 62 valence electrons. The van der Waals surface area contributed by atoms with Crippen LogP contribution in [0.5, 0.6) is 0 Å². The Bertz CT molecular complexity index is 182. The van der Waals surface area contributed by atoms with Crippen molar-refractivity contribution in [3.8, 4) is 0 Å². The van der Waals surface area contributed by atoms with Crippen LogP contribution in [0.3, 0.4) is 0 Å². The number of hydrogen-bond acceptors (Lipinski definition) is 3. The number of hydrogen-bond donors (Lipinski definition) is 0. The van der Waals surface area contributed by atoms with Gasteiger partial charge in [-0.25, -0.2) is 0 Å². The maximum atomic E-state index is 5.27. The van der Waals surface area contributed by atoms with Crippen LogP contribution in [0, 0.1) is 0 Å². The van der Waals surface area contributed by atoms with Gasteiger partial charge in [0.1, 0.15) is 12.4 Å². The first kappa shape index (κ1) is 8.30. The van der Waals surface area contributed by atoms with Gasteiger partial charge in [0.2, 0.25) is 0 Å². The molecule has 3 heteroatoms. The minimum absolute atomic E-state index is 0.547. The van der Waals surface area contributed by atoms with E-state index in [1.165, 1.54) is 0 Å². The smallest absolute Gasteiger partial charge is 0.129 e. The zero-order valence-electron chi connectivity index (χ0n) is 6.91. The Hall–Kier alpha value is -0.800. The van der Waals surface area contributed by atoms with Crippen molar-refractivity contribution in [1.82, 2.24) is 4.90 Å². The second-order valence-corrected chi connectivity index (χ2v) is 2.64. The molecule has 0 unspecified atom stereocenters. The molecule has 0 aliphatic carbocycles. The van der Waals surface area contributed by atoms with Crippen LogP contribution in [0.15, 0.2) is 22.8 Å². The van der Waals surface area contributed by atoms with Gasteiger partial charge in [-0.1, -0.05) is 0 Å². The van der Waals surface area contributed by atoms with Gasteiger partial charge >= 0.3 is 0 Å². The normalized spacial score (nSPS) is 10.8. The minimum atomic E-state index is 0.547. The van der Waals surface area contributed by atoms with Gasteiger partial charge < -0.3 is 9.15 Å². The summed E-state index contributed by atoms with van der Waals surface area (Å²) < 4.78 is 10.3. The van der Waals surface area contributed by atoms with Crippen LogP contribution in [-0.4, -0.2) is 25.7 Å². The van der Waals surface area contributed by atoms with Crippen LogP contribution in [0.4, 0.5) is 0 Å². The molecule has 0 aromatic carbocycles. The number of ether oxygens (including phenoxy) is 1. The molecule has 0 aliphatic rings. The third-order valence-corrected chi connectivity index (χ3v) is 1.17. The lowest BCUT2D eigenvalue weighted by molar-refractivity contribution is 0.0362. The highest BCUT2D eigenvalue weighted by molar-refractivity contribution is 4.95. The van der Waals surface area contributed by atoms with Crippen molar-refractivity contribution in [3.05, 3.63) is 24.2 Å². The van der Waals surface area contributed by atoms with Crippen molar-refractivity contribution in [3.63, 3.8) is 0 Å². The highest BCUT2D eigenvalue weighted by Gasteiger charge is 1.94. The van der Waals surface area contributed by atoms with Gasteiger partial charge in [0.25, 0.3) is 0 Å². The van der Waals surface area contributed by atoms with Crippen LogP contribution in [0.25, 0.3) is 0 Å². The van der Waals surface area contributed by atoms with E-state index < -0.39 is 0 Å². The van der Waals surface area contributed by atoms with Crippen molar-refractivity contribution < 1.29 is 9.15 Å². The first-order valence-corrected chi connectivity index (χ1v) is 3.54. The van der Waals surface area contributed by atoms with E-state index in [9.17, 15) is 0 Å². The summed E-state index contributed by atoms with van der Waals surface area (Å²) in [6.07, 6.45) is 1.65. The van der Waals surface area contributed by atoms with Gasteiger partial charge in [0.15, 0.2) is 0 Å². The summed E-state index contributed by atoms with van der Waals surface area (Å²) in [5.41, 5.74) is 0. The first-order valence-electron chi connectivity index (χ1n) is 3.54. The second kappa shape index (κ2) is 4.16. The Labute approximate surface area is 66.6 Å². The molecular formula is C8H13NO2. The standard InChI is InChI=1S/C8H13NO2/c1-9(2)7-10-6-8-4-3-5-11-8/h3-5H,6-7H2,1-2H3. The Morgan fingerprint density at radius 3 is 2.91 bits per heavy atom. The molecule has 0 spiro atoms. The van der Waals surface area contributed by atoms with Gasteiger partial charge in [-0.3, -0.25) is 4.90 Å². The van der Waals surface area contributed by atoms with E-state index in [0.29, 0.717) is 13.3 Å². The third-order valence-electron chi connectivity index (χ3n) is 1.17. The maximum Gasteiger partial charge on any atom is 0.129 e. The topological polar surface area (TPSA) is 25.6 Å². The van der Waals surface area contributed by atoms with E-state index in [0.717, 1.165) is 5.76 Å². The average Bonchev–Trinajstić information content (AvgIpc) is 2.39. The monoisotopic (exact) mass is 155 g/mol. The van der Waals surface area contributed by atoms with Gasteiger partial charge in [-0.2, -0.15) is 0 Å². The van der Waals surface area contributed by atoms with E-state index in [1.54, 1.807) is 6.26 Å². The number of nitrogens with zero attached hydrogens (tertiary/aromatic N) is 1. The lowest BCUT2D eigenvalue weighted by Crippen LogP contribution is -2.15. The zero-order valence-corrected chi connectivity index (χ0v) is 6.91. The molecule has 0 N–H and O–H groups in total. The Balaban J connectivity index is 2.14. The SMILES string of the molecule is CN(C)COCc1ccco1. The lowest BCUT2D eigenvalue weighted by Gasteiger charge is -2.08. The molecule has 1 aromatic rings. The summed E-state index contributed by atoms with van der Waals surface area (Å²) in [7, 11) is 3.92. The molecule has 0 saturated carbocycles. The molecule has 1 rings (SSSR count). The second-order valence-electron chi connectivity index (χ2n) is 2.64. The van der Waals surface area contributed by atoms with E-state index in [4.69, 9.17) is 9.15 Å². The fraction of sp³-hybridized carbons (Fsp3) is 0.500. The molecule has 1 aromatic heterocycles. The quantitative estimate of drug-likeness (QED) is 0.613. The van der Waals surface area contributed by atoms with E-state index in [-0.39, 0.29) is 0 Å². The van der Waals surface area contributed by atoms with Crippen molar-refractivity contribution in [2.45, 2.75) is 6.61 Å². The van der Waals surface area contributed by atoms with Crippen LogP contribution < -0.4 is 0 Å². The summed E-state index contributed by atoms with van der Waals surface area (Å²) in [4.78, 5) is 1.96. The molecule has 0 radical (unpaired) electrons. The molecule has 1 heterocycles. The van der Waals surface area contributed by atoms with Crippen molar-refractivity contribution in [2.24, 2.45) is 0 Å². The van der Waals surface area contributed by atoms with Crippen LogP contribution >= 0.6 is 0 Å². The predicted molar refractivity (Wildman–Crippen MR) is 42.1 cm³/mol. The van der Waals surface area contributed by atoms with Gasteiger partial charge in [0, 0.05) is 0 Å². The molecular weight excluding hydrogens is 142 g/mol. The zero-order chi connectivity index (χ0) is 8.10. The highest BCUT2D eigenvalue weighted by atomic mass is 16.5. The van der Waals surface area contributed by atoms with Crippen LogP contribution in [-0.2, 0) is 11.3 Å². The van der Waals surface area contributed by atoms with Crippen molar-refractivity contribution >= 4 is 0 Å². The average molecular weight is 155 g/mol. The molecule has 3 nitrogen and oxygen atoms in total. The first-order chi connectivity index (χ1) is 5.29.